The molecule has 0 aliphatic rings. The normalized spacial score (nSPS) is 9.83. The predicted molar refractivity (Wildman–Crippen MR) is 92.0 cm³/mol. The predicted octanol–water partition coefficient (Wildman–Crippen LogP) is 3.27. The molecule has 0 fully saturated rings. The van der Waals surface area contributed by atoms with Crippen LogP contribution in [0.1, 0.15) is 32.3 Å². The van der Waals surface area contributed by atoms with Gasteiger partial charge in [0, 0.05) is 18.4 Å². The summed E-state index contributed by atoms with van der Waals surface area (Å²) in [4.78, 5) is 24.6. The Labute approximate surface area is 143 Å². The maximum absolute atomic E-state index is 12.3. The molecule has 0 aliphatic heterocycles. The number of carbonyl (C=O) groups excluding carboxylic acids is 2. The molecule has 0 radical (unpaired) electrons. The van der Waals surface area contributed by atoms with Crippen LogP contribution in [0.5, 0.6) is 0 Å². The van der Waals surface area contributed by atoms with Crippen LogP contribution in [-0.4, -0.2) is 26.2 Å². The summed E-state index contributed by atoms with van der Waals surface area (Å²) in [6.07, 6.45) is 1.76. The number of ether oxygens (including phenoxy) is 2. The molecule has 0 unspecified atom stereocenters. The Morgan fingerprint density at radius 1 is 1.08 bits per heavy atom. The summed E-state index contributed by atoms with van der Waals surface area (Å²) in [5.41, 5.74) is 3.25. The van der Waals surface area contributed by atoms with Crippen LogP contribution in [0.25, 0.3) is 0 Å². The van der Waals surface area contributed by atoms with Crippen molar-refractivity contribution in [2.45, 2.75) is 26.7 Å². The van der Waals surface area contributed by atoms with Crippen LogP contribution in [0.4, 0.5) is 0 Å². The van der Waals surface area contributed by atoms with Crippen LogP contribution in [0.3, 0.4) is 0 Å². The summed E-state index contributed by atoms with van der Waals surface area (Å²) >= 11 is 0. The first kappa shape index (κ1) is 19.3. The molecule has 4 heteroatoms. The first-order valence-corrected chi connectivity index (χ1v) is 7.55. The molecule has 0 bridgehead atoms. The van der Waals surface area contributed by atoms with E-state index >= 15 is 0 Å². The van der Waals surface area contributed by atoms with Gasteiger partial charge >= 0.3 is 11.9 Å². The third-order valence-corrected chi connectivity index (χ3v) is 3.39. The maximum atomic E-state index is 12.3. The van der Waals surface area contributed by atoms with Crippen molar-refractivity contribution in [1.29, 1.82) is 0 Å². The van der Waals surface area contributed by atoms with E-state index in [0.717, 1.165) is 11.1 Å². The van der Waals surface area contributed by atoms with E-state index in [1.165, 1.54) is 14.2 Å². The molecule has 0 saturated heterocycles. The lowest BCUT2D eigenvalue weighted by Gasteiger charge is -2.24. The van der Waals surface area contributed by atoms with Crippen molar-refractivity contribution >= 4 is 11.9 Å². The van der Waals surface area contributed by atoms with Gasteiger partial charge in [0.25, 0.3) is 0 Å². The van der Waals surface area contributed by atoms with Crippen LogP contribution < -0.4 is 0 Å². The SMILES string of the molecule is COC(=O)C(CC#Cc1ccccc1)(CC=C=C(C)C)C(=O)OC. The highest BCUT2D eigenvalue weighted by Crippen LogP contribution is 2.30. The van der Waals surface area contributed by atoms with Crippen LogP contribution in [0.2, 0.25) is 0 Å². The molecule has 0 aromatic heterocycles. The van der Waals surface area contributed by atoms with E-state index in [2.05, 4.69) is 17.6 Å². The van der Waals surface area contributed by atoms with Crippen molar-refractivity contribution in [3.05, 3.63) is 53.3 Å². The van der Waals surface area contributed by atoms with E-state index in [-0.39, 0.29) is 12.8 Å². The smallest absolute Gasteiger partial charge is 0.324 e. The highest BCUT2D eigenvalue weighted by Gasteiger charge is 2.47. The van der Waals surface area contributed by atoms with Crippen molar-refractivity contribution in [3.63, 3.8) is 0 Å². The molecule has 0 heterocycles. The average Bonchev–Trinajstić information content (AvgIpc) is 2.59. The second-order valence-electron chi connectivity index (χ2n) is 5.46. The monoisotopic (exact) mass is 326 g/mol. The van der Waals surface area contributed by atoms with Gasteiger partial charge in [0.1, 0.15) is 0 Å². The molecule has 1 aromatic rings. The average molecular weight is 326 g/mol. The van der Waals surface area contributed by atoms with E-state index in [9.17, 15) is 9.59 Å². The quantitative estimate of drug-likeness (QED) is 0.361. The molecule has 0 N–H and O–H groups in total. The van der Waals surface area contributed by atoms with E-state index in [1.807, 2.05) is 44.2 Å². The lowest BCUT2D eigenvalue weighted by Crippen LogP contribution is -2.40. The molecule has 0 atom stereocenters. The van der Waals surface area contributed by atoms with Crippen LogP contribution in [0.15, 0.2) is 47.7 Å². The molecule has 0 amide bonds. The number of hydrogen-bond acceptors (Lipinski definition) is 4. The zero-order valence-electron chi connectivity index (χ0n) is 14.5. The third-order valence-electron chi connectivity index (χ3n) is 3.39. The summed E-state index contributed by atoms with van der Waals surface area (Å²) in [5, 5.41) is 0. The number of allylic oxidation sites excluding steroid dienone is 1. The first-order chi connectivity index (χ1) is 11.5. The zero-order chi connectivity index (χ0) is 18.0. The Hall–Kier alpha value is -2.76. The van der Waals surface area contributed by atoms with E-state index in [0.29, 0.717) is 0 Å². The van der Waals surface area contributed by atoms with Crippen molar-refractivity contribution in [2.24, 2.45) is 5.41 Å². The summed E-state index contributed by atoms with van der Waals surface area (Å²) in [7, 11) is 2.49. The highest BCUT2D eigenvalue weighted by atomic mass is 16.5. The van der Waals surface area contributed by atoms with E-state index < -0.39 is 17.4 Å². The van der Waals surface area contributed by atoms with Gasteiger partial charge in [0.15, 0.2) is 5.41 Å². The number of benzene rings is 1. The Balaban J connectivity index is 3.19. The van der Waals surface area contributed by atoms with Gasteiger partial charge in [0.05, 0.1) is 14.2 Å². The van der Waals surface area contributed by atoms with Gasteiger partial charge < -0.3 is 9.47 Å². The second kappa shape index (κ2) is 9.39. The zero-order valence-corrected chi connectivity index (χ0v) is 14.5. The maximum Gasteiger partial charge on any atom is 0.324 e. The largest absolute Gasteiger partial charge is 0.468 e. The Bertz CT molecular complexity index is 678. The number of hydrogen-bond donors (Lipinski definition) is 0. The molecular formula is C20H22O4. The fourth-order valence-electron chi connectivity index (χ4n) is 2.11. The van der Waals surface area contributed by atoms with Crippen molar-refractivity contribution in [1.82, 2.24) is 0 Å². The van der Waals surface area contributed by atoms with Crippen LogP contribution in [-0.2, 0) is 19.1 Å². The summed E-state index contributed by atoms with van der Waals surface area (Å²) < 4.78 is 9.67. The molecule has 126 valence electrons. The highest BCUT2D eigenvalue weighted by molar-refractivity contribution is 6.00. The summed E-state index contributed by atoms with van der Waals surface area (Å²) in [6, 6.07) is 9.34. The van der Waals surface area contributed by atoms with Gasteiger partial charge in [-0.2, -0.15) is 0 Å². The van der Waals surface area contributed by atoms with Gasteiger partial charge in [-0.3, -0.25) is 9.59 Å². The molecule has 24 heavy (non-hydrogen) atoms. The second-order valence-corrected chi connectivity index (χ2v) is 5.46. The van der Waals surface area contributed by atoms with Gasteiger partial charge in [-0.1, -0.05) is 30.0 Å². The molecule has 0 spiro atoms. The standard InChI is InChI=1S/C20H22O4/c1-16(2)10-8-14-20(18(21)23-3,19(22)24-4)15-9-13-17-11-6-5-7-12-17/h5-8,11-12H,14-15H2,1-4H3. The van der Waals surface area contributed by atoms with Crippen molar-refractivity contribution < 1.29 is 19.1 Å². The lowest BCUT2D eigenvalue weighted by molar-refractivity contribution is -0.168. The van der Waals surface area contributed by atoms with E-state index in [4.69, 9.17) is 9.47 Å². The van der Waals surface area contributed by atoms with E-state index in [1.54, 1.807) is 6.08 Å². The molecular weight excluding hydrogens is 304 g/mol. The number of methoxy groups -OCH3 is 2. The van der Waals surface area contributed by atoms with Crippen LogP contribution in [0, 0.1) is 17.3 Å². The number of rotatable bonds is 5. The lowest BCUT2D eigenvalue weighted by atomic mass is 9.81. The topological polar surface area (TPSA) is 52.6 Å². The molecule has 0 saturated carbocycles. The van der Waals surface area contributed by atoms with Gasteiger partial charge in [-0.25, -0.2) is 0 Å². The van der Waals surface area contributed by atoms with Gasteiger partial charge in [-0.05, 0) is 37.6 Å². The molecule has 4 nitrogen and oxygen atoms in total. The minimum Gasteiger partial charge on any atom is -0.468 e. The number of carbonyl (C=O) groups is 2. The first-order valence-electron chi connectivity index (χ1n) is 7.55. The Morgan fingerprint density at radius 2 is 1.67 bits per heavy atom. The minimum atomic E-state index is -1.49. The van der Waals surface area contributed by atoms with Gasteiger partial charge in [0.2, 0.25) is 0 Å². The Morgan fingerprint density at radius 3 is 2.17 bits per heavy atom. The fraction of sp³-hybridized carbons (Fsp3) is 0.350. The fourth-order valence-corrected chi connectivity index (χ4v) is 2.11. The van der Waals surface area contributed by atoms with Crippen molar-refractivity contribution in [3.8, 4) is 11.8 Å². The molecule has 0 aliphatic carbocycles. The van der Waals surface area contributed by atoms with Crippen LogP contribution >= 0.6 is 0 Å². The molecule has 1 aromatic carbocycles. The Kier molecular flexibility index (Phi) is 7.55. The summed E-state index contributed by atoms with van der Waals surface area (Å²) in [6.45, 7) is 3.76. The third kappa shape index (κ3) is 5.15. The molecule has 1 rings (SSSR count). The van der Waals surface area contributed by atoms with Crippen molar-refractivity contribution in [2.75, 3.05) is 14.2 Å². The summed E-state index contributed by atoms with van der Waals surface area (Å²) in [5.74, 6) is 4.53. The van der Waals surface area contributed by atoms with Gasteiger partial charge in [-0.15, -0.1) is 5.73 Å². The number of esters is 2. The minimum absolute atomic E-state index is 0.00217.